The molecular formula is C21H25N3O. The van der Waals surface area contributed by atoms with Crippen LogP contribution in [-0.4, -0.2) is 41.9 Å². The molecule has 1 unspecified atom stereocenters. The molecule has 2 aliphatic heterocycles. The first-order chi connectivity index (χ1) is 12.2. The highest BCUT2D eigenvalue weighted by Crippen LogP contribution is 2.33. The average molecular weight is 335 g/mol. The first kappa shape index (κ1) is 16.2. The summed E-state index contributed by atoms with van der Waals surface area (Å²) in [5, 5.41) is 0. The van der Waals surface area contributed by atoms with Gasteiger partial charge in [0.2, 0.25) is 0 Å². The summed E-state index contributed by atoms with van der Waals surface area (Å²) in [6.45, 7) is 3.92. The normalized spacial score (nSPS) is 20.5. The van der Waals surface area contributed by atoms with Gasteiger partial charge in [0.1, 0.15) is 0 Å². The van der Waals surface area contributed by atoms with Crippen LogP contribution in [0.3, 0.4) is 0 Å². The van der Waals surface area contributed by atoms with Crippen LogP contribution in [0, 0.1) is 0 Å². The number of likely N-dealkylation sites (tertiary alicyclic amines) is 1. The van der Waals surface area contributed by atoms with E-state index in [1.54, 1.807) is 0 Å². The molecule has 1 amide bonds. The first-order valence-electron chi connectivity index (χ1n) is 9.19. The van der Waals surface area contributed by atoms with Gasteiger partial charge < -0.3 is 15.5 Å². The molecule has 2 aromatic carbocycles. The van der Waals surface area contributed by atoms with Crippen molar-refractivity contribution in [2.24, 2.45) is 0 Å². The summed E-state index contributed by atoms with van der Waals surface area (Å²) < 4.78 is 0. The van der Waals surface area contributed by atoms with Gasteiger partial charge in [-0.2, -0.15) is 0 Å². The average Bonchev–Trinajstić information content (AvgIpc) is 3.15. The topological polar surface area (TPSA) is 49.6 Å². The first-order valence-corrected chi connectivity index (χ1v) is 9.19. The number of nitrogens with zero attached hydrogens (tertiary/aromatic N) is 2. The van der Waals surface area contributed by atoms with E-state index in [0.717, 1.165) is 43.9 Å². The molecule has 1 fully saturated rings. The van der Waals surface area contributed by atoms with E-state index in [2.05, 4.69) is 21.9 Å². The van der Waals surface area contributed by atoms with Gasteiger partial charge in [-0.3, -0.25) is 4.79 Å². The molecule has 0 spiro atoms. The fourth-order valence-electron chi connectivity index (χ4n) is 4.11. The zero-order valence-electron chi connectivity index (χ0n) is 14.5. The van der Waals surface area contributed by atoms with E-state index in [-0.39, 0.29) is 11.9 Å². The van der Waals surface area contributed by atoms with Gasteiger partial charge in [0, 0.05) is 24.3 Å². The third-order valence-electron chi connectivity index (χ3n) is 5.44. The lowest BCUT2D eigenvalue weighted by Crippen LogP contribution is -2.44. The van der Waals surface area contributed by atoms with E-state index < -0.39 is 0 Å². The van der Waals surface area contributed by atoms with Crippen LogP contribution in [0.2, 0.25) is 0 Å². The third kappa shape index (κ3) is 3.27. The molecule has 4 heteroatoms. The fourth-order valence-corrected chi connectivity index (χ4v) is 4.11. The highest BCUT2D eigenvalue weighted by Gasteiger charge is 2.33. The van der Waals surface area contributed by atoms with Crippen molar-refractivity contribution in [2.45, 2.75) is 25.3 Å². The Kier molecular flexibility index (Phi) is 4.45. The molecule has 0 bridgehead atoms. The predicted octanol–water partition coefficient (Wildman–Crippen LogP) is 3.10. The Morgan fingerprint density at radius 1 is 1.04 bits per heavy atom. The number of carbonyl (C=O) groups excluding carboxylic acids is 1. The van der Waals surface area contributed by atoms with Crippen molar-refractivity contribution in [1.29, 1.82) is 0 Å². The highest BCUT2D eigenvalue weighted by molar-refractivity contribution is 5.94. The van der Waals surface area contributed by atoms with Crippen molar-refractivity contribution in [1.82, 2.24) is 9.80 Å². The molecule has 0 radical (unpaired) electrons. The van der Waals surface area contributed by atoms with Crippen LogP contribution in [0.15, 0.2) is 48.5 Å². The Balaban J connectivity index is 1.68. The van der Waals surface area contributed by atoms with Crippen molar-refractivity contribution < 1.29 is 4.79 Å². The molecule has 1 saturated heterocycles. The lowest BCUT2D eigenvalue weighted by atomic mass is 9.91. The van der Waals surface area contributed by atoms with E-state index in [9.17, 15) is 4.79 Å². The minimum absolute atomic E-state index is 0.0815. The minimum atomic E-state index is 0.0815. The van der Waals surface area contributed by atoms with Gasteiger partial charge in [-0.05, 0) is 67.7 Å². The number of amides is 1. The molecule has 2 aromatic rings. The Labute approximate surface area is 149 Å². The van der Waals surface area contributed by atoms with E-state index in [0.29, 0.717) is 0 Å². The Hall–Kier alpha value is -2.33. The van der Waals surface area contributed by atoms with Gasteiger partial charge in [0.15, 0.2) is 0 Å². The molecular weight excluding hydrogens is 310 g/mol. The lowest BCUT2D eigenvalue weighted by Gasteiger charge is -2.39. The second-order valence-corrected chi connectivity index (χ2v) is 7.10. The van der Waals surface area contributed by atoms with E-state index in [1.165, 1.54) is 24.0 Å². The van der Waals surface area contributed by atoms with Gasteiger partial charge in [-0.25, -0.2) is 0 Å². The Morgan fingerprint density at radius 3 is 2.56 bits per heavy atom. The summed E-state index contributed by atoms with van der Waals surface area (Å²) in [7, 11) is 0. The molecule has 0 saturated carbocycles. The van der Waals surface area contributed by atoms with Crippen LogP contribution in [-0.2, 0) is 6.42 Å². The van der Waals surface area contributed by atoms with Gasteiger partial charge in [-0.15, -0.1) is 0 Å². The number of nitrogens with two attached hydrogens (primary N) is 1. The van der Waals surface area contributed by atoms with Crippen LogP contribution in [0.4, 0.5) is 5.69 Å². The van der Waals surface area contributed by atoms with Crippen LogP contribution in [0.5, 0.6) is 0 Å². The number of hydrogen-bond acceptors (Lipinski definition) is 3. The number of hydrogen-bond donors (Lipinski definition) is 1. The molecule has 130 valence electrons. The van der Waals surface area contributed by atoms with Crippen LogP contribution in [0.25, 0.3) is 0 Å². The summed E-state index contributed by atoms with van der Waals surface area (Å²) in [5.74, 6) is 0.123. The molecule has 2 N–H and O–H groups in total. The van der Waals surface area contributed by atoms with Crippen molar-refractivity contribution in [3.05, 3.63) is 65.2 Å². The van der Waals surface area contributed by atoms with E-state index in [4.69, 9.17) is 5.73 Å². The largest absolute Gasteiger partial charge is 0.399 e. The summed E-state index contributed by atoms with van der Waals surface area (Å²) in [5.41, 5.74) is 10.2. The molecule has 0 aliphatic carbocycles. The number of carbonyl (C=O) groups is 1. The minimum Gasteiger partial charge on any atom is -0.399 e. The van der Waals surface area contributed by atoms with Crippen LogP contribution >= 0.6 is 0 Å². The van der Waals surface area contributed by atoms with Crippen molar-refractivity contribution in [3.8, 4) is 0 Å². The van der Waals surface area contributed by atoms with Gasteiger partial charge in [-0.1, -0.05) is 24.3 Å². The molecule has 2 aliphatic rings. The summed E-state index contributed by atoms with van der Waals surface area (Å²) in [6.07, 6.45) is 3.40. The smallest absolute Gasteiger partial charge is 0.254 e. The number of benzene rings is 2. The van der Waals surface area contributed by atoms with E-state index >= 15 is 0 Å². The fraction of sp³-hybridized carbons (Fsp3) is 0.381. The summed E-state index contributed by atoms with van der Waals surface area (Å²) in [6, 6.07) is 15.9. The van der Waals surface area contributed by atoms with Gasteiger partial charge >= 0.3 is 0 Å². The van der Waals surface area contributed by atoms with E-state index in [1.807, 2.05) is 36.4 Å². The molecule has 0 aromatic heterocycles. The number of fused-ring (bicyclic) bond motifs is 1. The monoisotopic (exact) mass is 335 g/mol. The second-order valence-electron chi connectivity index (χ2n) is 7.10. The van der Waals surface area contributed by atoms with Crippen LogP contribution in [0.1, 0.15) is 40.4 Å². The van der Waals surface area contributed by atoms with Gasteiger partial charge in [0.05, 0.1) is 6.04 Å². The quantitative estimate of drug-likeness (QED) is 0.877. The molecule has 25 heavy (non-hydrogen) atoms. The van der Waals surface area contributed by atoms with Crippen molar-refractivity contribution >= 4 is 11.6 Å². The summed E-state index contributed by atoms with van der Waals surface area (Å²) >= 11 is 0. The number of rotatable bonds is 3. The van der Waals surface area contributed by atoms with Gasteiger partial charge in [0.25, 0.3) is 5.91 Å². The van der Waals surface area contributed by atoms with Crippen molar-refractivity contribution in [3.63, 3.8) is 0 Å². The predicted molar refractivity (Wildman–Crippen MR) is 100 cm³/mol. The maximum atomic E-state index is 13.2. The maximum absolute atomic E-state index is 13.2. The Morgan fingerprint density at radius 2 is 1.80 bits per heavy atom. The summed E-state index contributed by atoms with van der Waals surface area (Å²) in [4.78, 5) is 17.7. The third-order valence-corrected chi connectivity index (χ3v) is 5.44. The Bertz CT molecular complexity index is 753. The molecule has 1 atom stereocenters. The highest BCUT2D eigenvalue weighted by atomic mass is 16.2. The van der Waals surface area contributed by atoms with Crippen molar-refractivity contribution in [2.75, 3.05) is 31.9 Å². The zero-order valence-corrected chi connectivity index (χ0v) is 14.5. The lowest BCUT2D eigenvalue weighted by molar-refractivity contribution is 0.0616. The SMILES string of the molecule is Nc1ccc2c(c1)C(CN1CCCC1)N(C(=O)c1ccccc1)CC2. The second kappa shape index (κ2) is 6.89. The van der Waals surface area contributed by atoms with Crippen LogP contribution < -0.4 is 5.73 Å². The maximum Gasteiger partial charge on any atom is 0.254 e. The standard InChI is InChI=1S/C21H25N3O/c22-18-9-8-16-10-13-24(21(25)17-6-2-1-3-7-17)20(19(16)14-18)15-23-11-4-5-12-23/h1-3,6-9,14,20H,4-5,10-13,15,22H2. The molecule has 4 nitrogen and oxygen atoms in total. The number of anilines is 1. The zero-order chi connectivity index (χ0) is 17.2. The molecule has 2 heterocycles. The molecule has 4 rings (SSSR count). The number of nitrogen functional groups attached to an aromatic ring is 1.